The minimum Gasteiger partial charge on any atom is -0.398 e. The maximum atomic E-state index is 12.2. The monoisotopic (exact) mass is 490 g/mol. The van der Waals surface area contributed by atoms with E-state index in [1.807, 2.05) is 6.08 Å². The Morgan fingerprint density at radius 1 is 0.657 bits per heavy atom. The Morgan fingerprint density at radius 3 is 1.29 bits per heavy atom. The minimum atomic E-state index is -0.180. The summed E-state index contributed by atoms with van der Waals surface area (Å²) >= 11 is 6.34. The van der Waals surface area contributed by atoms with Crippen molar-refractivity contribution in [1.29, 1.82) is 0 Å². The van der Waals surface area contributed by atoms with Gasteiger partial charge in [-0.15, -0.1) is 0 Å². The summed E-state index contributed by atoms with van der Waals surface area (Å²) in [5, 5.41) is 0.215. The molecular formula is C31H39ClN2O. The Morgan fingerprint density at radius 2 is 1.00 bits per heavy atom. The smallest absolute Gasteiger partial charge is 0.197 e. The third-order valence-corrected chi connectivity index (χ3v) is 7.07. The van der Waals surface area contributed by atoms with E-state index in [0.29, 0.717) is 0 Å². The fraction of sp³-hybridized carbons (Fsp3) is 0.387. The Labute approximate surface area is 215 Å². The molecule has 0 aromatic heterocycles. The van der Waals surface area contributed by atoms with Crippen LogP contribution in [-0.4, -0.2) is 5.78 Å². The van der Waals surface area contributed by atoms with Crippen molar-refractivity contribution in [3.63, 3.8) is 0 Å². The van der Waals surface area contributed by atoms with Gasteiger partial charge in [0.1, 0.15) is 0 Å². The first-order chi connectivity index (χ1) is 16.3. The van der Waals surface area contributed by atoms with Crippen LogP contribution in [0.4, 0.5) is 11.4 Å². The van der Waals surface area contributed by atoms with Crippen LogP contribution in [0, 0.1) is 0 Å². The van der Waals surface area contributed by atoms with E-state index < -0.39 is 0 Å². The maximum Gasteiger partial charge on any atom is 0.197 e. The second kappa shape index (κ2) is 10.5. The van der Waals surface area contributed by atoms with E-state index in [-0.39, 0.29) is 34.5 Å². The molecule has 0 spiro atoms. The highest BCUT2D eigenvalue weighted by Gasteiger charge is 2.22. The lowest BCUT2D eigenvalue weighted by atomic mass is 9.82. The standard InChI is InChI=1S/C31H39ClN2O/c1-16(2)23-11-21(12-24(17(3)4)30(23)33)29(20-9-10-28(35)27(32)15-20)22-13-25(18(5)6)31(34)26(14-22)19(7)8/h9-19H,33-34H2,1-8H3. The largest absolute Gasteiger partial charge is 0.398 e. The summed E-state index contributed by atoms with van der Waals surface area (Å²) in [5.41, 5.74) is 23.5. The van der Waals surface area contributed by atoms with Crippen LogP contribution in [0.3, 0.4) is 0 Å². The molecule has 0 saturated heterocycles. The van der Waals surface area contributed by atoms with Gasteiger partial charge in [0.25, 0.3) is 0 Å². The lowest BCUT2D eigenvalue weighted by Gasteiger charge is -2.24. The molecule has 4 heteroatoms. The second-order valence-corrected chi connectivity index (χ2v) is 11.2. The summed E-state index contributed by atoms with van der Waals surface area (Å²) < 4.78 is 0. The lowest BCUT2D eigenvalue weighted by Crippen LogP contribution is -2.08. The molecule has 0 unspecified atom stereocenters. The van der Waals surface area contributed by atoms with Crippen LogP contribution in [0.15, 0.2) is 53.1 Å². The van der Waals surface area contributed by atoms with Gasteiger partial charge in [-0.05, 0) is 105 Å². The molecule has 3 nitrogen and oxygen atoms in total. The summed E-state index contributed by atoms with van der Waals surface area (Å²) in [5.74, 6) is 0.895. The summed E-state index contributed by atoms with van der Waals surface area (Å²) in [6.07, 6.45) is 5.19. The van der Waals surface area contributed by atoms with Gasteiger partial charge in [-0.1, -0.05) is 73.1 Å². The van der Waals surface area contributed by atoms with Crippen molar-refractivity contribution in [1.82, 2.24) is 0 Å². The van der Waals surface area contributed by atoms with E-state index in [4.69, 9.17) is 23.1 Å². The van der Waals surface area contributed by atoms with E-state index in [1.54, 1.807) is 12.2 Å². The van der Waals surface area contributed by atoms with Crippen molar-refractivity contribution in [3.8, 4) is 0 Å². The van der Waals surface area contributed by atoms with Crippen LogP contribution in [0.5, 0.6) is 0 Å². The zero-order valence-electron chi connectivity index (χ0n) is 22.3. The molecule has 4 N–H and O–H groups in total. The van der Waals surface area contributed by atoms with Crippen molar-refractivity contribution in [2.24, 2.45) is 0 Å². The molecule has 35 heavy (non-hydrogen) atoms. The number of carbonyl (C=O) groups is 1. The molecule has 1 aliphatic carbocycles. The second-order valence-electron chi connectivity index (χ2n) is 10.8. The minimum absolute atomic E-state index is 0.180. The number of rotatable bonds is 6. The average molecular weight is 491 g/mol. The number of nitrogens with two attached hydrogens (primary N) is 2. The summed E-state index contributed by atoms with van der Waals surface area (Å²) in [7, 11) is 0. The van der Waals surface area contributed by atoms with Crippen molar-refractivity contribution in [3.05, 3.63) is 86.5 Å². The molecule has 0 amide bonds. The highest BCUT2D eigenvalue weighted by atomic mass is 35.5. The molecule has 0 radical (unpaired) electrons. The zero-order valence-corrected chi connectivity index (χ0v) is 23.0. The molecule has 0 saturated carbocycles. The van der Waals surface area contributed by atoms with E-state index in [0.717, 1.165) is 55.9 Å². The van der Waals surface area contributed by atoms with E-state index in [1.165, 1.54) is 0 Å². The van der Waals surface area contributed by atoms with Gasteiger partial charge in [-0.3, -0.25) is 4.79 Å². The molecule has 2 aromatic rings. The number of benzene rings is 2. The maximum absolute atomic E-state index is 12.2. The van der Waals surface area contributed by atoms with Crippen molar-refractivity contribution >= 4 is 34.3 Å². The third kappa shape index (κ3) is 5.41. The Hall–Kier alpha value is -2.78. The SMILES string of the molecule is CC(C)c1cc(C(=C2C=CC(=O)C(Cl)=C2)c2cc(C(C)C)c(N)c(C(C)C)c2)cc(C(C)C)c1N. The molecule has 0 heterocycles. The van der Waals surface area contributed by atoms with Crippen LogP contribution in [0.1, 0.15) is 112 Å². The van der Waals surface area contributed by atoms with Gasteiger partial charge in [0.15, 0.2) is 5.78 Å². The predicted octanol–water partition coefficient (Wildman–Crippen LogP) is 8.41. The third-order valence-electron chi connectivity index (χ3n) is 6.77. The van der Waals surface area contributed by atoms with Gasteiger partial charge in [0.05, 0.1) is 5.03 Å². The molecule has 186 valence electrons. The van der Waals surface area contributed by atoms with Crippen molar-refractivity contribution < 1.29 is 4.79 Å². The highest BCUT2D eigenvalue weighted by molar-refractivity contribution is 6.45. The van der Waals surface area contributed by atoms with Crippen molar-refractivity contribution in [2.75, 3.05) is 11.5 Å². The first-order valence-electron chi connectivity index (χ1n) is 12.5. The molecule has 0 aliphatic heterocycles. The molecule has 0 fully saturated rings. The first kappa shape index (κ1) is 26.8. The topological polar surface area (TPSA) is 69.1 Å². The fourth-order valence-corrected chi connectivity index (χ4v) is 4.93. The van der Waals surface area contributed by atoms with Gasteiger partial charge < -0.3 is 11.5 Å². The van der Waals surface area contributed by atoms with Crippen LogP contribution in [-0.2, 0) is 4.79 Å². The van der Waals surface area contributed by atoms with Crippen LogP contribution in [0.2, 0.25) is 0 Å². The first-order valence-corrected chi connectivity index (χ1v) is 12.9. The summed E-state index contributed by atoms with van der Waals surface area (Å²) in [6.45, 7) is 17.3. The van der Waals surface area contributed by atoms with Gasteiger partial charge in [-0.2, -0.15) is 0 Å². The number of allylic oxidation sites excluding steroid dienone is 5. The Bertz CT molecular complexity index is 1110. The predicted molar refractivity (Wildman–Crippen MR) is 152 cm³/mol. The fourth-order valence-electron chi connectivity index (χ4n) is 4.75. The van der Waals surface area contributed by atoms with E-state index >= 15 is 0 Å². The van der Waals surface area contributed by atoms with Crippen molar-refractivity contribution in [2.45, 2.75) is 79.1 Å². The molecular weight excluding hydrogens is 452 g/mol. The summed E-state index contributed by atoms with van der Waals surface area (Å²) in [4.78, 5) is 12.2. The summed E-state index contributed by atoms with van der Waals surface area (Å²) in [6, 6.07) is 8.78. The average Bonchev–Trinajstić information content (AvgIpc) is 2.77. The molecule has 0 atom stereocenters. The van der Waals surface area contributed by atoms with Crippen LogP contribution < -0.4 is 11.5 Å². The lowest BCUT2D eigenvalue weighted by molar-refractivity contribution is -0.110. The van der Waals surface area contributed by atoms with Crippen LogP contribution >= 0.6 is 11.6 Å². The number of nitrogen functional groups attached to an aromatic ring is 2. The Kier molecular flexibility index (Phi) is 8.01. The van der Waals surface area contributed by atoms with E-state index in [9.17, 15) is 4.79 Å². The number of hydrogen-bond donors (Lipinski definition) is 2. The number of ketones is 1. The Balaban J connectivity index is 2.48. The van der Waals surface area contributed by atoms with Gasteiger partial charge in [0, 0.05) is 11.4 Å². The number of hydrogen-bond acceptors (Lipinski definition) is 3. The van der Waals surface area contributed by atoms with Gasteiger partial charge in [0.2, 0.25) is 0 Å². The molecule has 1 aliphatic rings. The van der Waals surface area contributed by atoms with Gasteiger partial charge >= 0.3 is 0 Å². The zero-order chi connectivity index (χ0) is 26.2. The molecule has 0 bridgehead atoms. The van der Waals surface area contributed by atoms with Crippen LogP contribution in [0.25, 0.3) is 5.57 Å². The normalized spacial score (nSPS) is 14.0. The number of carbonyl (C=O) groups excluding carboxylic acids is 1. The number of anilines is 2. The van der Waals surface area contributed by atoms with E-state index in [2.05, 4.69) is 79.7 Å². The highest BCUT2D eigenvalue weighted by Crippen LogP contribution is 2.41. The molecule has 3 rings (SSSR count). The van der Waals surface area contributed by atoms with Gasteiger partial charge in [-0.25, -0.2) is 0 Å². The number of halogens is 1. The molecule has 2 aromatic carbocycles. The quantitative estimate of drug-likeness (QED) is 0.399.